The number of hydrogen-bond acceptors (Lipinski definition) is 4. The predicted molar refractivity (Wildman–Crippen MR) is 134 cm³/mol. The van der Waals surface area contributed by atoms with Gasteiger partial charge in [-0.3, -0.25) is 9.59 Å². The van der Waals surface area contributed by atoms with Crippen LogP contribution in [0.5, 0.6) is 5.75 Å². The van der Waals surface area contributed by atoms with E-state index in [1.807, 2.05) is 56.3 Å². The summed E-state index contributed by atoms with van der Waals surface area (Å²) in [6.45, 7) is 6.24. The van der Waals surface area contributed by atoms with Gasteiger partial charge in [-0.25, -0.2) is 0 Å². The third-order valence-electron chi connectivity index (χ3n) is 6.39. The largest absolute Gasteiger partial charge is 0.465 e. The maximum absolute atomic E-state index is 13.0. The van der Waals surface area contributed by atoms with Gasteiger partial charge in [0.25, 0.3) is 0 Å². The van der Waals surface area contributed by atoms with Gasteiger partial charge >= 0.3 is 11.9 Å². The van der Waals surface area contributed by atoms with Crippen molar-refractivity contribution in [2.45, 2.75) is 85.0 Å². The monoisotopic (exact) mass is 452 g/mol. The van der Waals surface area contributed by atoms with Crippen molar-refractivity contribution >= 4 is 11.9 Å². The highest BCUT2D eigenvalue weighted by Gasteiger charge is 2.46. The second-order valence-electron chi connectivity index (χ2n) is 8.68. The summed E-state index contributed by atoms with van der Waals surface area (Å²) in [7, 11) is 0. The SMILES string of the molecule is CCCCCCCCCCOC(=O)C(CC)(CC)C(=O)Oc1ccc(-c2ccccc2)cc1. The van der Waals surface area contributed by atoms with Crippen LogP contribution in [0.3, 0.4) is 0 Å². The molecule has 0 amide bonds. The first-order valence-corrected chi connectivity index (χ1v) is 12.6. The molecule has 2 aromatic rings. The van der Waals surface area contributed by atoms with Crippen molar-refractivity contribution in [1.82, 2.24) is 0 Å². The average Bonchev–Trinajstić information content (AvgIpc) is 2.85. The Bertz CT molecular complexity index is 822. The van der Waals surface area contributed by atoms with Gasteiger partial charge in [0.2, 0.25) is 0 Å². The minimum atomic E-state index is -1.27. The van der Waals surface area contributed by atoms with E-state index in [4.69, 9.17) is 9.47 Å². The van der Waals surface area contributed by atoms with Crippen LogP contribution in [0.4, 0.5) is 0 Å². The molecule has 33 heavy (non-hydrogen) atoms. The summed E-state index contributed by atoms with van der Waals surface area (Å²) in [4.78, 5) is 25.9. The van der Waals surface area contributed by atoms with Gasteiger partial charge in [-0.1, -0.05) is 108 Å². The van der Waals surface area contributed by atoms with E-state index in [0.717, 1.165) is 30.4 Å². The molecule has 2 aromatic carbocycles. The Morgan fingerprint density at radius 3 is 1.79 bits per heavy atom. The van der Waals surface area contributed by atoms with Crippen LogP contribution in [-0.4, -0.2) is 18.5 Å². The lowest BCUT2D eigenvalue weighted by molar-refractivity contribution is -0.168. The molecule has 0 bridgehead atoms. The first-order valence-electron chi connectivity index (χ1n) is 12.6. The number of rotatable bonds is 15. The maximum Gasteiger partial charge on any atom is 0.328 e. The molecular weight excluding hydrogens is 412 g/mol. The third kappa shape index (κ3) is 8.03. The molecular formula is C29H40O4. The van der Waals surface area contributed by atoms with Crippen LogP contribution in [0.15, 0.2) is 54.6 Å². The molecule has 4 heteroatoms. The van der Waals surface area contributed by atoms with E-state index in [1.165, 1.54) is 32.1 Å². The van der Waals surface area contributed by atoms with E-state index in [0.29, 0.717) is 25.2 Å². The molecule has 0 N–H and O–H groups in total. The van der Waals surface area contributed by atoms with Crippen LogP contribution >= 0.6 is 0 Å². The number of carbonyl (C=O) groups excluding carboxylic acids is 2. The van der Waals surface area contributed by atoms with Crippen LogP contribution in [0.2, 0.25) is 0 Å². The van der Waals surface area contributed by atoms with E-state index in [1.54, 1.807) is 12.1 Å². The van der Waals surface area contributed by atoms with Crippen molar-refractivity contribution in [3.63, 3.8) is 0 Å². The van der Waals surface area contributed by atoms with E-state index >= 15 is 0 Å². The summed E-state index contributed by atoms with van der Waals surface area (Å²) in [5, 5.41) is 0. The zero-order chi connectivity index (χ0) is 23.9. The molecule has 0 aliphatic carbocycles. The van der Waals surface area contributed by atoms with Gasteiger partial charge in [-0.2, -0.15) is 0 Å². The van der Waals surface area contributed by atoms with Crippen LogP contribution in [-0.2, 0) is 14.3 Å². The Morgan fingerprint density at radius 1 is 0.667 bits per heavy atom. The first kappa shape index (κ1) is 26.6. The first-order chi connectivity index (χ1) is 16.1. The quantitative estimate of drug-likeness (QED) is 0.120. The number of unbranched alkanes of at least 4 members (excludes halogenated alkanes) is 7. The van der Waals surface area contributed by atoms with Crippen LogP contribution in [0, 0.1) is 5.41 Å². The number of hydrogen-bond donors (Lipinski definition) is 0. The molecule has 0 saturated carbocycles. The summed E-state index contributed by atoms with van der Waals surface area (Å²) in [6, 6.07) is 17.4. The fraction of sp³-hybridized carbons (Fsp3) is 0.517. The number of esters is 2. The number of benzene rings is 2. The van der Waals surface area contributed by atoms with Crippen molar-refractivity contribution < 1.29 is 19.1 Å². The maximum atomic E-state index is 13.0. The Morgan fingerprint density at radius 2 is 1.21 bits per heavy atom. The molecule has 0 fully saturated rings. The highest BCUT2D eigenvalue weighted by molar-refractivity contribution is 6.00. The number of ether oxygens (including phenoxy) is 2. The van der Waals surface area contributed by atoms with Gasteiger partial charge < -0.3 is 9.47 Å². The normalized spacial score (nSPS) is 11.2. The zero-order valence-electron chi connectivity index (χ0n) is 20.6. The zero-order valence-corrected chi connectivity index (χ0v) is 20.6. The van der Waals surface area contributed by atoms with Crippen molar-refractivity contribution in [2.75, 3.05) is 6.61 Å². The molecule has 0 aliphatic rings. The summed E-state index contributed by atoms with van der Waals surface area (Å²) in [6.07, 6.45) is 10.1. The fourth-order valence-electron chi connectivity index (χ4n) is 4.00. The lowest BCUT2D eigenvalue weighted by atomic mass is 9.82. The minimum Gasteiger partial charge on any atom is -0.465 e. The summed E-state index contributed by atoms with van der Waals surface area (Å²) in [5.41, 5.74) is 0.868. The summed E-state index contributed by atoms with van der Waals surface area (Å²) in [5.74, 6) is -0.580. The van der Waals surface area contributed by atoms with E-state index in [2.05, 4.69) is 6.92 Å². The van der Waals surface area contributed by atoms with Gasteiger partial charge in [0.15, 0.2) is 5.41 Å². The highest BCUT2D eigenvalue weighted by Crippen LogP contribution is 2.32. The Hall–Kier alpha value is -2.62. The molecule has 0 spiro atoms. The molecule has 0 aliphatic heterocycles. The smallest absolute Gasteiger partial charge is 0.328 e. The standard InChI is InChI=1S/C29H40O4/c1-4-7-8-9-10-11-12-16-23-32-27(30)29(5-2,6-3)28(31)33-26-21-19-25(20-22-26)24-17-14-13-15-18-24/h13-15,17-22H,4-12,16,23H2,1-3H3. The molecule has 0 aromatic heterocycles. The van der Waals surface area contributed by atoms with Crippen LogP contribution < -0.4 is 4.74 Å². The van der Waals surface area contributed by atoms with Gasteiger partial charge in [0.1, 0.15) is 5.75 Å². The Balaban J connectivity index is 1.86. The Kier molecular flexibility index (Phi) is 11.7. The van der Waals surface area contributed by atoms with Gasteiger partial charge in [-0.05, 0) is 42.5 Å². The van der Waals surface area contributed by atoms with Crippen LogP contribution in [0.25, 0.3) is 11.1 Å². The molecule has 2 rings (SSSR count). The third-order valence-corrected chi connectivity index (χ3v) is 6.39. The second kappa shape index (κ2) is 14.5. The van der Waals surface area contributed by atoms with Gasteiger partial charge in [0.05, 0.1) is 6.61 Å². The van der Waals surface area contributed by atoms with E-state index in [9.17, 15) is 9.59 Å². The number of carbonyl (C=O) groups is 2. The Labute approximate surface area is 199 Å². The molecule has 0 saturated heterocycles. The highest BCUT2D eigenvalue weighted by atomic mass is 16.6. The molecule has 0 radical (unpaired) electrons. The van der Waals surface area contributed by atoms with Crippen molar-refractivity contribution in [1.29, 1.82) is 0 Å². The average molecular weight is 453 g/mol. The van der Waals surface area contributed by atoms with Crippen molar-refractivity contribution in [3.8, 4) is 16.9 Å². The molecule has 0 heterocycles. The van der Waals surface area contributed by atoms with Gasteiger partial charge in [-0.15, -0.1) is 0 Å². The predicted octanol–water partition coefficient (Wildman–Crippen LogP) is 7.75. The lowest BCUT2D eigenvalue weighted by Crippen LogP contribution is -2.42. The molecule has 0 unspecified atom stereocenters. The summed E-state index contributed by atoms with van der Waals surface area (Å²) < 4.78 is 11.2. The van der Waals surface area contributed by atoms with Crippen LogP contribution in [0.1, 0.15) is 85.0 Å². The van der Waals surface area contributed by atoms with E-state index in [-0.39, 0.29) is 0 Å². The summed E-state index contributed by atoms with van der Waals surface area (Å²) >= 11 is 0. The molecule has 4 nitrogen and oxygen atoms in total. The van der Waals surface area contributed by atoms with Crippen molar-refractivity contribution in [3.05, 3.63) is 54.6 Å². The molecule has 0 atom stereocenters. The van der Waals surface area contributed by atoms with Crippen molar-refractivity contribution in [2.24, 2.45) is 5.41 Å². The topological polar surface area (TPSA) is 52.6 Å². The lowest BCUT2D eigenvalue weighted by Gasteiger charge is -2.26. The molecule has 180 valence electrons. The van der Waals surface area contributed by atoms with E-state index < -0.39 is 17.4 Å². The minimum absolute atomic E-state index is 0.348. The second-order valence-corrected chi connectivity index (χ2v) is 8.68. The van der Waals surface area contributed by atoms with Gasteiger partial charge in [0, 0.05) is 0 Å². The fourth-order valence-corrected chi connectivity index (χ4v) is 4.00.